The van der Waals surface area contributed by atoms with E-state index in [-0.39, 0.29) is 0 Å². The maximum atomic E-state index is 3.73. The Balaban J connectivity index is 1.94. The van der Waals surface area contributed by atoms with Crippen molar-refractivity contribution in [2.24, 2.45) is 0 Å². The van der Waals surface area contributed by atoms with E-state index in [1.165, 1.54) is 41.4 Å². The molecule has 1 fully saturated rings. The molecule has 2 nitrogen and oxygen atoms in total. The smallest absolute Gasteiger partial charge is 0.0247 e. The van der Waals surface area contributed by atoms with Gasteiger partial charge in [-0.1, -0.05) is 35.0 Å². The zero-order valence-corrected chi connectivity index (χ0v) is 13.7. The zero-order valence-electron chi connectivity index (χ0n) is 12.1. The molecule has 0 amide bonds. The van der Waals surface area contributed by atoms with Crippen molar-refractivity contribution in [2.45, 2.75) is 52.2 Å². The van der Waals surface area contributed by atoms with Gasteiger partial charge < -0.3 is 5.32 Å². The van der Waals surface area contributed by atoms with Crippen molar-refractivity contribution in [3.05, 3.63) is 33.8 Å². The fourth-order valence-corrected chi connectivity index (χ4v) is 3.24. The van der Waals surface area contributed by atoms with Crippen molar-refractivity contribution >= 4 is 15.9 Å². The van der Waals surface area contributed by atoms with Crippen LogP contribution in [0.15, 0.2) is 22.7 Å². The van der Waals surface area contributed by atoms with Gasteiger partial charge in [0.2, 0.25) is 0 Å². The summed E-state index contributed by atoms with van der Waals surface area (Å²) >= 11 is 3.73. The third kappa shape index (κ3) is 4.30. The SMILES string of the molecule is CCCNCc1ccc(CN2CCCC2C)c(Br)c1. The van der Waals surface area contributed by atoms with E-state index >= 15 is 0 Å². The van der Waals surface area contributed by atoms with Gasteiger partial charge in [-0.3, -0.25) is 4.90 Å². The van der Waals surface area contributed by atoms with Crippen LogP contribution in [0.25, 0.3) is 0 Å². The van der Waals surface area contributed by atoms with Crippen LogP contribution >= 0.6 is 15.9 Å². The monoisotopic (exact) mass is 324 g/mol. The second kappa shape index (κ2) is 7.41. The van der Waals surface area contributed by atoms with Crippen LogP contribution in [0.2, 0.25) is 0 Å². The van der Waals surface area contributed by atoms with Crippen LogP contribution in [0.5, 0.6) is 0 Å². The minimum Gasteiger partial charge on any atom is -0.313 e. The Kier molecular flexibility index (Phi) is 5.86. The molecule has 0 aromatic heterocycles. The number of nitrogens with zero attached hydrogens (tertiary/aromatic N) is 1. The highest BCUT2D eigenvalue weighted by molar-refractivity contribution is 9.10. The molecule has 1 atom stereocenters. The van der Waals surface area contributed by atoms with Crippen molar-refractivity contribution in [3.63, 3.8) is 0 Å². The number of halogens is 1. The molecule has 1 aliphatic heterocycles. The lowest BCUT2D eigenvalue weighted by atomic mass is 10.1. The Morgan fingerprint density at radius 1 is 1.42 bits per heavy atom. The molecule has 0 saturated carbocycles. The molecular formula is C16H25BrN2. The molecule has 2 rings (SSSR count). The summed E-state index contributed by atoms with van der Waals surface area (Å²) in [7, 11) is 0. The topological polar surface area (TPSA) is 15.3 Å². The van der Waals surface area contributed by atoms with Crippen LogP contribution in [0.3, 0.4) is 0 Å². The lowest BCUT2D eigenvalue weighted by Gasteiger charge is -2.21. The molecule has 1 heterocycles. The Labute approximate surface area is 125 Å². The van der Waals surface area contributed by atoms with E-state index in [1.807, 2.05) is 0 Å². The third-order valence-electron chi connectivity index (χ3n) is 3.94. The summed E-state index contributed by atoms with van der Waals surface area (Å²) in [6.07, 6.45) is 3.88. The summed E-state index contributed by atoms with van der Waals surface area (Å²) in [5.74, 6) is 0. The van der Waals surface area contributed by atoms with Gasteiger partial charge in [0.05, 0.1) is 0 Å². The summed E-state index contributed by atoms with van der Waals surface area (Å²) < 4.78 is 1.25. The number of likely N-dealkylation sites (tertiary alicyclic amines) is 1. The molecule has 1 aromatic rings. The standard InChI is InChI=1S/C16H25BrN2/c1-3-8-18-11-14-6-7-15(16(17)10-14)12-19-9-4-5-13(19)2/h6-7,10,13,18H,3-5,8-9,11-12H2,1-2H3. The highest BCUT2D eigenvalue weighted by Crippen LogP contribution is 2.24. The van der Waals surface area contributed by atoms with Crippen molar-refractivity contribution in [3.8, 4) is 0 Å². The summed E-state index contributed by atoms with van der Waals surface area (Å²) in [6.45, 7) is 8.91. The first kappa shape index (κ1) is 15.0. The predicted molar refractivity (Wildman–Crippen MR) is 85.2 cm³/mol. The Bertz CT molecular complexity index is 406. The number of nitrogens with one attached hydrogen (secondary N) is 1. The number of hydrogen-bond donors (Lipinski definition) is 1. The summed E-state index contributed by atoms with van der Waals surface area (Å²) in [5.41, 5.74) is 2.77. The molecule has 0 spiro atoms. The van der Waals surface area contributed by atoms with Gasteiger partial charge in [-0.25, -0.2) is 0 Å². The molecule has 0 radical (unpaired) electrons. The lowest BCUT2D eigenvalue weighted by molar-refractivity contribution is 0.260. The van der Waals surface area contributed by atoms with Gasteiger partial charge in [0, 0.05) is 23.6 Å². The molecule has 1 unspecified atom stereocenters. The molecule has 106 valence electrons. The molecule has 1 aliphatic rings. The van der Waals surface area contributed by atoms with Crippen molar-refractivity contribution in [1.29, 1.82) is 0 Å². The molecule has 19 heavy (non-hydrogen) atoms. The van der Waals surface area contributed by atoms with E-state index in [4.69, 9.17) is 0 Å². The molecule has 1 aromatic carbocycles. The number of benzene rings is 1. The second-order valence-corrected chi connectivity index (χ2v) is 6.42. The predicted octanol–water partition coefficient (Wildman–Crippen LogP) is 3.93. The van der Waals surface area contributed by atoms with Crippen LogP contribution in [-0.4, -0.2) is 24.0 Å². The fraction of sp³-hybridized carbons (Fsp3) is 0.625. The van der Waals surface area contributed by atoms with Gasteiger partial charge in [-0.15, -0.1) is 0 Å². The highest BCUT2D eigenvalue weighted by atomic mass is 79.9. The highest BCUT2D eigenvalue weighted by Gasteiger charge is 2.20. The first-order valence-electron chi connectivity index (χ1n) is 7.42. The Morgan fingerprint density at radius 2 is 2.26 bits per heavy atom. The number of rotatable bonds is 6. The van der Waals surface area contributed by atoms with Gasteiger partial charge in [0.15, 0.2) is 0 Å². The molecular weight excluding hydrogens is 300 g/mol. The maximum Gasteiger partial charge on any atom is 0.0247 e. The van der Waals surface area contributed by atoms with Crippen molar-refractivity contribution in [2.75, 3.05) is 13.1 Å². The van der Waals surface area contributed by atoms with Gasteiger partial charge in [0.25, 0.3) is 0 Å². The minimum atomic E-state index is 0.734. The first-order valence-corrected chi connectivity index (χ1v) is 8.22. The fourth-order valence-electron chi connectivity index (χ4n) is 2.68. The van der Waals surface area contributed by atoms with Crippen LogP contribution in [0.1, 0.15) is 44.2 Å². The molecule has 1 saturated heterocycles. The summed E-state index contributed by atoms with van der Waals surface area (Å²) in [6, 6.07) is 7.53. The van der Waals surface area contributed by atoms with Gasteiger partial charge >= 0.3 is 0 Å². The van der Waals surface area contributed by atoms with Crippen molar-refractivity contribution in [1.82, 2.24) is 10.2 Å². The molecule has 0 bridgehead atoms. The first-order chi connectivity index (χ1) is 9.20. The van der Waals surface area contributed by atoms with E-state index in [2.05, 4.69) is 58.2 Å². The second-order valence-electron chi connectivity index (χ2n) is 5.56. The lowest BCUT2D eigenvalue weighted by Crippen LogP contribution is -2.26. The maximum absolute atomic E-state index is 3.73. The van der Waals surface area contributed by atoms with Crippen molar-refractivity contribution < 1.29 is 0 Å². The van der Waals surface area contributed by atoms with Gasteiger partial charge in [0.1, 0.15) is 0 Å². The van der Waals surface area contributed by atoms with Crippen LogP contribution in [0, 0.1) is 0 Å². The zero-order chi connectivity index (χ0) is 13.7. The van der Waals surface area contributed by atoms with Crippen LogP contribution in [0.4, 0.5) is 0 Å². The van der Waals surface area contributed by atoms with Crippen LogP contribution < -0.4 is 5.32 Å². The van der Waals surface area contributed by atoms with E-state index in [9.17, 15) is 0 Å². The van der Waals surface area contributed by atoms with Gasteiger partial charge in [-0.05, 0) is 56.5 Å². The summed E-state index contributed by atoms with van der Waals surface area (Å²) in [4.78, 5) is 2.58. The average molecular weight is 325 g/mol. The largest absolute Gasteiger partial charge is 0.313 e. The molecule has 0 aliphatic carbocycles. The normalized spacial score (nSPS) is 20.1. The van der Waals surface area contributed by atoms with E-state index < -0.39 is 0 Å². The number of hydrogen-bond acceptors (Lipinski definition) is 2. The van der Waals surface area contributed by atoms with E-state index in [1.54, 1.807) is 0 Å². The van der Waals surface area contributed by atoms with Gasteiger partial charge in [-0.2, -0.15) is 0 Å². The Hall–Kier alpha value is -0.380. The van der Waals surface area contributed by atoms with Crippen LogP contribution in [-0.2, 0) is 13.1 Å². The Morgan fingerprint density at radius 3 is 2.89 bits per heavy atom. The molecule has 3 heteroatoms. The summed E-state index contributed by atoms with van der Waals surface area (Å²) in [5, 5.41) is 3.45. The molecule has 1 N–H and O–H groups in total. The van der Waals surface area contributed by atoms with E-state index in [0.717, 1.165) is 25.7 Å². The minimum absolute atomic E-state index is 0.734. The third-order valence-corrected chi connectivity index (χ3v) is 4.68. The average Bonchev–Trinajstić information content (AvgIpc) is 2.79. The van der Waals surface area contributed by atoms with E-state index in [0.29, 0.717) is 0 Å². The quantitative estimate of drug-likeness (QED) is 0.797.